The molecule has 0 bridgehead atoms. The van der Waals surface area contributed by atoms with Crippen molar-refractivity contribution >= 4 is 46.2 Å². The Morgan fingerprint density at radius 3 is 2.15 bits per heavy atom. The first-order valence-electron chi connectivity index (χ1n) is 7.54. The van der Waals surface area contributed by atoms with Crippen LogP contribution in [-0.2, 0) is 0 Å². The van der Waals surface area contributed by atoms with Crippen molar-refractivity contribution in [1.29, 1.82) is 5.26 Å². The fourth-order valence-corrected chi connectivity index (χ4v) is 2.74. The van der Waals surface area contributed by atoms with E-state index in [4.69, 9.17) is 28.5 Å². The molecule has 0 aliphatic carbocycles. The Balaban J connectivity index is 1.68. The number of anilines is 3. The predicted octanol–water partition coefficient (Wildman–Crippen LogP) is 5.26. The summed E-state index contributed by atoms with van der Waals surface area (Å²) >= 11 is 11.9. The minimum atomic E-state index is -0.341. The van der Waals surface area contributed by atoms with Crippen LogP contribution < -0.4 is 10.6 Å². The van der Waals surface area contributed by atoms with Crippen LogP contribution in [0.3, 0.4) is 0 Å². The first-order chi connectivity index (χ1) is 12.5. The molecule has 26 heavy (non-hydrogen) atoms. The maximum absolute atomic E-state index is 12.2. The van der Waals surface area contributed by atoms with Crippen LogP contribution in [0.4, 0.5) is 17.1 Å². The number of hydrogen-bond donors (Lipinski definition) is 2. The lowest BCUT2D eigenvalue weighted by Crippen LogP contribution is -2.13. The molecule has 0 unspecified atom stereocenters. The summed E-state index contributed by atoms with van der Waals surface area (Å²) in [5, 5.41) is 15.7. The Labute approximate surface area is 160 Å². The number of hydrogen-bond acceptors (Lipinski definition) is 4. The van der Waals surface area contributed by atoms with E-state index < -0.39 is 0 Å². The zero-order valence-corrected chi connectivity index (χ0v) is 14.8. The Morgan fingerprint density at radius 2 is 1.58 bits per heavy atom. The highest BCUT2D eigenvalue weighted by Crippen LogP contribution is 2.25. The predicted molar refractivity (Wildman–Crippen MR) is 103 cm³/mol. The number of amides is 1. The molecule has 0 atom stereocenters. The number of nitrogens with one attached hydrogen (secondary N) is 2. The minimum Gasteiger partial charge on any atom is -0.354 e. The Hall–Kier alpha value is -3.07. The van der Waals surface area contributed by atoms with Crippen molar-refractivity contribution in [3.8, 4) is 6.07 Å². The van der Waals surface area contributed by atoms with Crippen molar-refractivity contribution in [2.24, 2.45) is 0 Å². The van der Waals surface area contributed by atoms with Gasteiger partial charge >= 0.3 is 0 Å². The number of nitriles is 1. The SMILES string of the molecule is N#Cc1ccc(NC(=O)c2ccc(Nc3cc(Cl)cc(Cl)c3)cn2)cc1. The topological polar surface area (TPSA) is 77.8 Å². The molecule has 0 spiro atoms. The van der Waals surface area contributed by atoms with Crippen LogP contribution in [0.1, 0.15) is 16.1 Å². The molecule has 5 nitrogen and oxygen atoms in total. The zero-order valence-electron chi connectivity index (χ0n) is 13.3. The number of benzene rings is 2. The van der Waals surface area contributed by atoms with Gasteiger partial charge in [0.25, 0.3) is 5.91 Å². The minimum absolute atomic E-state index is 0.268. The molecule has 0 aliphatic rings. The van der Waals surface area contributed by atoms with Crippen molar-refractivity contribution in [2.45, 2.75) is 0 Å². The molecule has 0 saturated carbocycles. The Bertz CT molecular complexity index is 960. The largest absolute Gasteiger partial charge is 0.354 e. The van der Waals surface area contributed by atoms with Gasteiger partial charge in [0.05, 0.1) is 23.5 Å². The summed E-state index contributed by atoms with van der Waals surface area (Å²) < 4.78 is 0. The third kappa shape index (κ3) is 4.51. The van der Waals surface area contributed by atoms with Gasteiger partial charge in [-0.2, -0.15) is 5.26 Å². The normalized spacial score (nSPS) is 10.0. The van der Waals surface area contributed by atoms with Crippen molar-refractivity contribution in [3.05, 3.63) is 82.1 Å². The summed E-state index contributed by atoms with van der Waals surface area (Å²) in [6, 6.07) is 17.1. The van der Waals surface area contributed by atoms with Crippen LogP contribution in [-0.4, -0.2) is 10.9 Å². The monoisotopic (exact) mass is 382 g/mol. The third-order valence-corrected chi connectivity index (χ3v) is 3.86. The smallest absolute Gasteiger partial charge is 0.274 e. The van der Waals surface area contributed by atoms with Gasteiger partial charge in [-0.25, -0.2) is 4.98 Å². The van der Waals surface area contributed by atoms with Crippen molar-refractivity contribution in [2.75, 3.05) is 10.6 Å². The van der Waals surface area contributed by atoms with E-state index in [0.29, 0.717) is 27.0 Å². The molecule has 2 N–H and O–H groups in total. The highest BCUT2D eigenvalue weighted by molar-refractivity contribution is 6.35. The van der Waals surface area contributed by atoms with E-state index in [1.165, 1.54) is 0 Å². The number of aromatic nitrogens is 1. The number of pyridine rings is 1. The molecule has 1 aromatic heterocycles. The second-order valence-electron chi connectivity index (χ2n) is 5.36. The van der Waals surface area contributed by atoms with Crippen molar-refractivity contribution in [1.82, 2.24) is 4.98 Å². The molecule has 0 saturated heterocycles. The van der Waals surface area contributed by atoms with Crippen LogP contribution in [0, 0.1) is 11.3 Å². The van der Waals surface area contributed by atoms with E-state index in [9.17, 15) is 4.79 Å². The molecule has 0 aliphatic heterocycles. The van der Waals surface area contributed by atoms with Crippen LogP contribution >= 0.6 is 23.2 Å². The number of rotatable bonds is 4. The average Bonchev–Trinajstić information content (AvgIpc) is 2.62. The van der Waals surface area contributed by atoms with Gasteiger partial charge in [0.15, 0.2) is 0 Å². The molecule has 0 fully saturated rings. The van der Waals surface area contributed by atoms with E-state index >= 15 is 0 Å². The van der Waals surface area contributed by atoms with Gasteiger partial charge in [-0.3, -0.25) is 4.79 Å². The fraction of sp³-hybridized carbons (Fsp3) is 0. The van der Waals surface area contributed by atoms with Crippen LogP contribution in [0.15, 0.2) is 60.8 Å². The van der Waals surface area contributed by atoms with E-state index in [1.54, 1.807) is 60.8 Å². The molecule has 1 heterocycles. The quantitative estimate of drug-likeness (QED) is 0.645. The second-order valence-corrected chi connectivity index (χ2v) is 6.23. The van der Waals surface area contributed by atoms with Crippen molar-refractivity contribution in [3.63, 3.8) is 0 Å². The maximum atomic E-state index is 12.2. The Morgan fingerprint density at radius 1 is 0.923 bits per heavy atom. The van der Waals surface area contributed by atoms with E-state index in [1.807, 2.05) is 6.07 Å². The van der Waals surface area contributed by atoms with Gasteiger partial charge in [-0.15, -0.1) is 0 Å². The zero-order chi connectivity index (χ0) is 18.5. The average molecular weight is 383 g/mol. The van der Waals surface area contributed by atoms with Gasteiger partial charge in [0.1, 0.15) is 5.69 Å². The summed E-state index contributed by atoms with van der Waals surface area (Å²) in [6.45, 7) is 0. The number of halogens is 2. The van der Waals surface area contributed by atoms with Crippen LogP contribution in [0.2, 0.25) is 10.0 Å². The summed E-state index contributed by atoms with van der Waals surface area (Å²) in [7, 11) is 0. The molecule has 2 aromatic carbocycles. The second kappa shape index (κ2) is 7.87. The number of carbonyl (C=O) groups is 1. The van der Waals surface area contributed by atoms with Gasteiger partial charge in [0.2, 0.25) is 0 Å². The molecule has 0 radical (unpaired) electrons. The number of carbonyl (C=O) groups excluding carboxylic acids is 1. The number of nitrogens with zero attached hydrogens (tertiary/aromatic N) is 2. The molecule has 128 valence electrons. The fourth-order valence-electron chi connectivity index (χ4n) is 2.22. The van der Waals surface area contributed by atoms with Crippen molar-refractivity contribution < 1.29 is 4.79 Å². The highest BCUT2D eigenvalue weighted by Gasteiger charge is 2.08. The summed E-state index contributed by atoms with van der Waals surface area (Å²) in [4.78, 5) is 16.4. The molecule has 3 rings (SSSR count). The summed E-state index contributed by atoms with van der Waals surface area (Å²) in [6.07, 6.45) is 1.54. The summed E-state index contributed by atoms with van der Waals surface area (Å²) in [5.74, 6) is -0.341. The maximum Gasteiger partial charge on any atom is 0.274 e. The van der Waals surface area contributed by atoms with E-state index in [0.717, 1.165) is 5.69 Å². The van der Waals surface area contributed by atoms with Gasteiger partial charge in [0, 0.05) is 21.4 Å². The third-order valence-electron chi connectivity index (χ3n) is 3.42. The van der Waals surface area contributed by atoms with Gasteiger partial charge < -0.3 is 10.6 Å². The Kier molecular flexibility index (Phi) is 5.37. The lowest BCUT2D eigenvalue weighted by atomic mass is 10.2. The molecule has 7 heteroatoms. The first-order valence-corrected chi connectivity index (χ1v) is 8.30. The first kappa shape index (κ1) is 17.7. The van der Waals surface area contributed by atoms with Gasteiger partial charge in [-0.05, 0) is 54.6 Å². The van der Waals surface area contributed by atoms with E-state index in [-0.39, 0.29) is 11.6 Å². The lowest BCUT2D eigenvalue weighted by molar-refractivity contribution is 0.102. The highest BCUT2D eigenvalue weighted by atomic mass is 35.5. The lowest BCUT2D eigenvalue weighted by Gasteiger charge is -2.08. The molecule has 1 amide bonds. The molecular weight excluding hydrogens is 371 g/mol. The molecule has 3 aromatic rings. The standard InChI is InChI=1S/C19H12Cl2N4O/c20-13-7-14(21)9-17(8-13)24-16-5-6-18(23-11-16)19(26)25-15-3-1-12(10-22)2-4-15/h1-9,11,24H,(H,25,26). The molecular formula is C19H12Cl2N4O. The van der Waals surface area contributed by atoms with E-state index in [2.05, 4.69) is 15.6 Å². The van der Waals surface area contributed by atoms with Crippen LogP contribution in [0.5, 0.6) is 0 Å². The summed E-state index contributed by atoms with van der Waals surface area (Å²) in [5.41, 5.74) is 2.80. The van der Waals surface area contributed by atoms with Gasteiger partial charge in [-0.1, -0.05) is 23.2 Å². The van der Waals surface area contributed by atoms with Crippen LogP contribution in [0.25, 0.3) is 0 Å².